The molecule has 20 heavy (non-hydrogen) atoms. The van der Waals surface area contributed by atoms with E-state index in [1.165, 1.54) is 11.3 Å². The maximum atomic E-state index is 11.9. The molecule has 0 aliphatic carbocycles. The van der Waals surface area contributed by atoms with Gasteiger partial charge >= 0.3 is 0 Å². The van der Waals surface area contributed by atoms with Crippen molar-refractivity contribution in [1.29, 1.82) is 0 Å². The third kappa shape index (κ3) is 2.76. The van der Waals surface area contributed by atoms with Crippen molar-refractivity contribution in [2.75, 3.05) is 5.32 Å². The Balaban J connectivity index is 1.84. The van der Waals surface area contributed by atoms with Crippen LogP contribution in [0.25, 0.3) is 10.2 Å². The molecule has 6 heteroatoms. The molecule has 0 atom stereocenters. The Hall–Kier alpha value is -1.66. The summed E-state index contributed by atoms with van der Waals surface area (Å²) in [7, 11) is 0. The Morgan fingerprint density at radius 1 is 1.40 bits per heavy atom. The number of nitrogens with zero attached hydrogens (tertiary/aromatic N) is 1. The van der Waals surface area contributed by atoms with Gasteiger partial charge in [0.25, 0.3) is 5.56 Å². The number of H-pyrrole nitrogens is 1. The number of aromatic amines is 1. The summed E-state index contributed by atoms with van der Waals surface area (Å²) in [6.45, 7) is 2.52. The van der Waals surface area contributed by atoms with Gasteiger partial charge in [0.05, 0.1) is 12.1 Å². The summed E-state index contributed by atoms with van der Waals surface area (Å²) in [5, 5.41) is 5.14. The molecule has 1 aromatic carbocycles. The van der Waals surface area contributed by atoms with Crippen LogP contribution in [0.2, 0.25) is 0 Å². The molecule has 0 amide bonds. The van der Waals surface area contributed by atoms with Gasteiger partial charge in [0.15, 0.2) is 0 Å². The zero-order valence-corrected chi connectivity index (χ0v) is 13.1. The lowest BCUT2D eigenvalue weighted by Crippen LogP contribution is -2.13. The van der Waals surface area contributed by atoms with Crippen LogP contribution in [0.4, 0.5) is 5.69 Å². The second-order valence-electron chi connectivity index (χ2n) is 4.52. The van der Waals surface area contributed by atoms with Crippen LogP contribution in [0.5, 0.6) is 0 Å². The molecule has 0 radical (unpaired) electrons. The first-order valence-electron chi connectivity index (χ1n) is 6.09. The van der Waals surface area contributed by atoms with Crippen molar-refractivity contribution in [2.24, 2.45) is 0 Å². The molecule has 102 valence electrons. The molecule has 0 aliphatic rings. The molecule has 0 aliphatic heterocycles. The van der Waals surface area contributed by atoms with Crippen LogP contribution in [-0.2, 0) is 6.54 Å². The average Bonchev–Trinajstić information content (AvgIpc) is 2.84. The first kappa shape index (κ1) is 13.3. The molecular weight excluding hydrogens is 338 g/mol. The normalized spacial score (nSPS) is 10.9. The van der Waals surface area contributed by atoms with Crippen LogP contribution in [-0.4, -0.2) is 9.97 Å². The number of aryl methyl sites for hydroxylation is 1. The van der Waals surface area contributed by atoms with E-state index in [1.54, 1.807) is 0 Å². The smallest absolute Gasteiger partial charge is 0.268 e. The highest BCUT2D eigenvalue weighted by molar-refractivity contribution is 9.10. The van der Waals surface area contributed by atoms with Gasteiger partial charge in [0, 0.05) is 10.2 Å². The zero-order chi connectivity index (χ0) is 14.1. The monoisotopic (exact) mass is 349 g/mol. The summed E-state index contributed by atoms with van der Waals surface area (Å²) < 4.78 is 1.70. The second kappa shape index (κ2) is 5.38. The number of nitrogens with one attached hydrogen (secondary N) is 2. The highest BCUT2D eigenvalue weighted by Crippen LogP contribution is 2.19. The van der Waals surface area contributed by atoms with E-state index in [0.29, 0.717) is 17.1 Å². The topological polar surface area (TPSA) is 57.8 Å². The minimum absolute atomic E-state index is 0.0766. The van der Waals surface area contributed by atoms with Crippen molar-refractivity contribution in [3.8, 4) is 0 Å². The number of fused-ring (bicyclic) bond motifs is 1. The quantitative estimate of drug-likeness (QED) is 0.758. The summed E-state index contributed by atoms with van der Waals surface area (Å²) in [4.78, 5) is 19.1. The standard InChI is InChI=1S/C14H12BrN3OS/c1-8-4-9(15)6-10(5-8)16-7-12-17-11-2-3-20-13(11)14(19)18-12/h2-6,16H,7H2,1H3,(H,17,18,19). The third-order valence-electron chi connectivity index (χ3n) is 2.87. The number of rotatable bonds is 3. The lowest BCUT2D eigenvalue weighted by molar-refractivity contribution is 0.955. The predicted molar refractivity (Wildman–Crippen MR) is 86.4 cm³/mol. The predicted octanol–water partition coefficient (Wildman–Crippen LogP) is 3.67. The molecule has 0 saturated heterocycles. The van der Waals surface area contributed by atoms with E-state index >= 15 is 0 Å². The molecule has 3 aromatic rings. The number of hydrogen-bond donors (Lipinski definition) is 2. The highest BCUT2D eigenvalue weighted by Gasteiger charge is 2.05. The van der Waals surface area contributed by atoms with Crippen molar-refractivity contribution < 1.29 is 0 Å². The van der Waals surface area contributed by atoms with Gasteiger partial charge in [-0.25, -0.2) is 4.98 Å². The number of anilines is 1. The zero-order valence-electron chi connectivity index (χ0n) is 10.7. The summed E-state index contributed by atoms with van der Waals surface area (Å²) in [5.74, 6) is 0.638. The van der Waals surface area contributed by atoms with Gasteiger partial charge in [0.1, 0.15) is 10.5 Å². The fraction of sp³-hybridized carbons (Fsp3) is 0.143. The van der Waals surface area contributed by atoms with Crippen molar-refractivity contribution in [2.45, 2.75) is 13.5 Å². The van der Waals surface area contributed by atoms with E-state index in [0.717, 1.165) is 21.2 Å². The van der Waals surface area contributed by atoms with Gasteiger partial charge in [-0.05, 0) is 42.1 Å². The molecule has 0 saturated carbocycles. The van der Waals surface area contributed by atoms with Crippen molar-refractivity contribution in [3.05, 3.63) is 55.9 Å². The lowest BCUT2D eigenvalue weighted by atomic mass is 10.2. The van der Waals surface area contributed by atoms with Gasteiger partial charge in [-0.15, -0.1) is 11.3 Å². The molecule has 4 nitrogen and oxygen atoms in total. The molecule has 0 spiro atoms. The number of aromatic nitrogens is 2. The van der Waals surface area contributed by atoms with E-state index < -0.39 is 0 Å². The molecule has 0 unspecified atom stereocenters. The van der Waals surface area contributed by atoms with Crippen LogP contribution in [0, 0.1) is 6.92 Å². The summed E-state index contributed by atoms with van der Waals surface area (Å²) >= 11 is 4.87. The second-order valence-corrected chi connectivity index (χ2v) is 6.35. The van der Waals surface area contributed by atoms with Crippen LogP contribution in [0.1, 0.15) is 11.4 Å². The maximum Gasteiger partial charge on any atom is 0.268 e. The van der Waals surface area contributed by atoms with Crippen LogP contribution in [0.3, 0.4) is 0 Å². The summed E-state index contributed by atoms with van der Waals surface area (Å²) in [5.41, 5.74) is 2.83. The van der Waals surface area contributed by atoms with Crippen LogP contribution in [0.15, 0.2) is 38.9 Å². The Morgan fingerprint density at radius 3 is 3.05 bits per heavy atom. The van der Waals surface area contributed by atoms with Gasteiger partial charge < -0.3 is 10.3 Å². The molecular formula is C14H12BrN3OS. The number of thiophene rings is 1. The van der Waals surface area contributed by atoms with Gasteiger partial charge in [0.2, 0.25) is 0 Å². The largest absolute Gasteiger partial charge is 0.378 e. The molecule has 3 rings (SSSR count). The first-order chi connectivity index (χ1) is 9.61. The average molecular weight is 350 g/mol. The Bertz CT molecular complexity index is 804. The molecule has 2 heterocycles. The minimum Gasteiger partial charge on any atom is -0.378 e. The molecule has 0 bridgehead atoms. The first-order valence-corrected chi connectivity index (χ1v) is 7.76. The van der Waals surface area contributed by atoms with Gasteiger partial charge in [-0.1, -0.05) is 15.9 Å². The SMILES string of the molecule is Cc1cc(Br)cc(NCc2nc3ccsc3c(=O)[nH]2)c1. The number of halogens is 1. The van der Waals surface area contributed by atoms with Crippen molar-refractivity contribution in [1.82, 2.24) is 9.97 Å². The molecule has 2 N–H and O–H groups in total. The lowest BCUT2D eigenvalue weighted by Gasteiger charge is -2.07. The summed E-state index contributed by atoms with van der Waals surface area (Å²) in [6, 6.07) is 7.95. The number of benzene rings is 1. The molecule has 2 aromatic heterocycles. The van der Waals surface area contributed by atoms with Crippen molar-refractivity contribution in [3.63, 3.8) is 0 Å². The summed E-state index contributed by atoms with van der Waals surface area (Å²) in [6.07, 6.45) is 0. The maximum absolute atomic E-state index is 11.9. The van der Waals surface area contributed by atoms with E-state index in [1.807, 2.05) is 36.6 Å². The van der Waals surface area contributed by atoms with E-state index in [-0.39, 0.29) is 5.56 Å². The highest BCUT2D eigenvalue weighted by atomic mass is 79.9. The molecule has 0 fully saturated rings. The number of hydrogen-bond acceptors (Lipinski definition) is 4. The van der Waals surface area contributed by atoms with Crippen LogP contribution >= 0.6 is 27.3 Å². The van der Waals surface area contributed by atoms with Crippen LogP contribution < -0.4 is 10.9 Å². The van der Waals surface area contributed by atoms with Crippen molar-refractivity contribution >= 4 is 43.2 Å². The van der Waals surface area contributed by atoms with E-state index in [2.05, 4.69) is 31.2 Å². The Kier molecular flexibility index (Phi) is 3.58. The fourth-order valence-corrected chi connectivity index (χ4v) is 3.36. The minimum atomic E-state index is -0.0766. The van der Waals surface area contributed by atoms with E-state index in [9.17, 15) is 4.79 Å². The Labute approximate surface area is 128 Å². The third-order valence-corrected chi connectivity index (χ3v) is 4.23. The fourth-order valence-electron chi connectivity index (χ4n) is 2.03. The van der Waals surface area contributed by atoms with Gasteiger partial charge in [-0.2, -0.15) is 0 Å². The van der Waals surface area contributed by atoms with E-state index in [4.69, 9.17) is 0 Å². The van der Waals surface area contributed by atoms with Gasteiger partial charge in [-0.3, -0.25) is 4.79 Å². The Morgan fingerprint density at radius 2 is 2.25 bits per heavy atom.